The van der Waals surface area contributed by atoms with Crippen LogP contribution in [-0.2, 0) is 0 Å². The zero-order valence-corrected chi connectivity index (χ0v) is 18.9. The van der Waals surface area contributed by atoms with Crippen molar-refractivity contribution in [2.75, 3.05) is 0 Å². The number of nitrogens with zero attached hydrogens (tertiary/aromatic N) is 5. The Morgan fingerprint density at radius 2 is 1.47 bits per heavy atom. The van der Waals surface area contributed by atoms with E-state index in [9.17, 15) is 14.9 Å². The van der Waals surface area contributed by atoms with Gasteiger partial charge in [0.05, 0.1) is 11.4 Å². The van der Waals surface area contributed by atoms with Crippen LogP contribution in [0.1, 0.15) is 21.7 Å². The summed E-state index contributed by atoms with van der Waals surface area (Å²) in [6, 6.07) is 33.4. The van der Waals surface area contributed by atoms with Crippen molar-refractivity contribution in [3.63, 3.8) is 0 Å². The van der Waals surface area contributed by atoms with Crippen LogP contribution in [0.5, 0.6) is 0 Å². The van der Waals surface area contributed by atoms with Crippen LogP contribution in [0.25, 0.3) is 33.5 Å². The lowest BCUT2D eigenvalue weighted by molar-refractivity contribution is 0.102. The van der Waals surface area contributed by atoms with Crippen molar-refractivity contribution in [1.29, 1.82) is 5.26 Å². The van der Waals surface area contributed by atoms with Gasteiger partial charge in [-0.3, -0.25) is 14.0 Å². The maximum absolute atomic E-state index is 13.9. The molecule has 0 amide bonds. The Morgan fingerprint density at radius 1 is 0.806 bits per heavy atom. The van der Waals surface area contributed by atoms with E-state index in [0.29, 0.717) is 16.8 Å². The fraction of sp³-hybridized carbons (Fsp3) is 0. The highest BCUT2D eigenvalue weighted by molar-refractivity contribution is 6.09. The van der Waals surface area contributed by atoms with Crippen LogP contribution in [-0.4, -0.2) is 24.9 Å². The van der Waals surface area contributed by atoms with E-state index < -0.39 is 5.56 Å². The first kappa shape index (κ1) is 21.2. The Hall–Kier alpha value is -5.35. The number of hydrogen-bond donors (Lipinski definition) is 0. The number of aromatic nitrogens is 4. The Labute approximate surface area is 205 Å². The van der Waals surface area contributed by atoms with Crippen LogP contribution in [0.2, 0.25) is 0 Å². The fourth-order valence-electron chi connectivity index (χ4n) is 4.36. The zero-order chi connectivity index (χ0) is 24.6. The van der Waals surface area contributed by atoms with Crippen molar-refractivity contribution in [2.24, 2.45) is 0 Å². The minimum absolute atomic E-state index is 0.0481. The summed E-state index contributed by atoms with van der Waals surface area (Å²) in [4.78, 5) is 31.1. The molecule has 7 heteroatoms. The van der Waals surface area contributed by atoms with Gasteiger partial charge in [-0.25, -0.2) is 0 Å². The smallest absolute Gasteiger partial charge is 0.285 e. The third-order valence-electron chi connectivity index (χ3n) is 6.05. The van der Waals surface area contributed by atoms with Crippen molar-refractivity contribution in [3.05, 3.63) is 130 Å². The van der Waals surface area contributed by atoms with E-state index in [2.05, 4.69) is 10.1 Å². The highest BCUT2D eigenvalue weighted by Crippen LogP contribution is 2.26. The Bertz CT molecular complexity index is 1880. The summed E-state index contributed by atoms with van der Waals surface area (Å²) in [5, 5.41) is 16.5. The van der Waals surface area contributed by atoms with E-state index in [1.807, 2.05) is 78.9 Å². The summed E-state index contributed by atoms with van der Waals surface area (Å²) < 4.78 is 2.98. The molecule has 0 aliphatic carbocycles. The van der Waals surface area contributed by atoms with Crippen molar-refractivity contribution < 1.29 is 4.79 Å². The quantitative estimate of drug-likeness (QED) is 0.347. The zero-order valence-electron chi connectivity index (χ0n) is 18.9. The normalized spacial score (nSPS) is 11.0. The van der Waals surface area contributed by atoms with Gasteiger partial charge in [0, 0.05) is 11.1 Å². The first-order valence-electron chi connectivity index (χ1n) is 11.3. The second-order valence-corrected chi connectivity index (χ2v) is 8.22. The van der Waals surface area contributed by atoms with Gasteiger partial charge in [0.2, 0.25) is 17.4 Å². The Kier molecular flexibility index (Phi) is 4.98. The van der Waals surface area contributed by atoms with Gasteiger partial charge in [-0.2, -0.15) is 14.9 Å². The van der Waals surface area contributed by atoms with Crippen molar-refractivity contribution >= 4 is 22.3 Å². The number of ketones is 1. The van der Waals surface area contributed by atoms with Crippen LogP contribution in [0, 0.1) is 11.3 Å². The van der Waals surface area contributed by atoms with E-state index in [0.717, 1.165) is 10.8 Å². The highest BCUT2D eigenvalue weighted by Gasteiger charge is 2.26. The van der Waals surface area contributed by atoms with Gasteiger partial charge in [-0.15, -0.1) is 5.10 Å². The number of para-hydroxylation sites is 1. The van der Waals surface area contributed by atoms with Gasteiger partial charge in [0.15, 0.2) is 0 Å². The molecule has 0 aliphatic rings. The highest BCUT2D eigenvalue weighted by atomic mass is 16.1. The molecule has 170 valence electrons. The summed E-state index contributed by atoms with van der Waals surface area (Å²) in [6.45, 7) is 0. The van der Waals surface area contributed by atoms with Gasteiger partial charge < -0.3 is 0 Å². The second-order valence-electron chi connectivity index (χ2n) is 8.22. The van der Waals surface area contributed by atoms with E-state index in [1.54, 1.807) is 30.3 Å². The van der Waals surface area contributed by atoms with Gasteiger partial charge >= 0.3 is 0 Å². The lowest BCUT2D eigenvalue weighted by Crippen LogP contribution is -2.18. The lowest BCUT2D eigenvalue weighted by Gasteiger charge is -2.09. The van der Waals surface area contributed by atoms with Gasteiger partial charge in [0.1, 0.15) is 11.6 Å². The lowest BCUT2D eigenvalue weighted by atomic mass is 10.0. The summed E-state index contributed by atoms with van der Waals surface area (Å²) in [6.07, 6.45) is 0. The predicted octanol–water partition coefficient (Wildman–Crippen LogP) is 4.80. The molecular formula is C29H17N5O2. The molecule has 0 spiro atoms. The minimum Gasteiger partial charge on any atom is -0.285 e. The summed E-state index contributed by atoms with van der Waals surface area (Å²) in [5.74, 6) is -0.160. The third kappa shape index (κ3) is 3.37. The van der Waals surface area contributed by atoms with Crippen LogP contribution in [0.3, 0.4) is 0 Å². The fourth-order valence-corrected chi connectivity index (χ4v) is 4.36. The van der Waals surface area contributed by atoms with Gasteiger partial charge in [0.25, 0.3) is 5.56 Å². The molecular weight excluding hydrogens is 450 g/mol. The third-order valence-corrected chi connectivity index (χ3v) is 6.05. The van der Waals surface area contributed by atoms with E-state index >= 15 is 0 Å². The molecule has 0 fully saturated rings. The van der Waals surface area contributed by atoms with E-state index in [1.165, 1.54) is 9.08 Å². The molecule has 36 heavy (non-hydrogen) atoms. The van der Waals surface area contributed by atoms with E-state index in [-0.39, 0.29) is 28.6 Å². The number of benzene rings is 4. The number of nitriles is 1. The summed E-state index contributed by atoms with van der Waals surface area (Å²) in [7, 11) is 0. The molecule has 0 N–H and O–H groups in total. The number of fused-ring (bicyclic) bond motifs is 2. The molecule has 0 saturated carbocycles. The first-order chi connectivity index (χ1) is 17.7. The summed E-state index contributed by atoms with van der Waals surface area (Å²) in [5.41, 5.74) is 1.10. The van der Waals surface area contributed by atoms with Crippen LogP contribution in [0.4, 0.5) is 0 Å². The van der Waals surface area contributed by atoms with Crippen LogP contribution in [0.15, 0.2) is 108 Å². The molecule has 2 aromatic heterocycles. The van der Waals surface area contributed by atoms with Crippen LogP contribution >= 0.6 is 0 Å². The molecule has 6 aromatic rings. The molecule has 0 unspecified atom stereocenters. The standard InChI is InChI=1S/C29H17N5O2/c30-18-24-25(20-10-3-1-4-11-20)33-27(26(35)22-16-15-19-9-7-8-12-21(19)17-22)32-34(29(33)31-28(24)36)23-13-5-2-6-14-23/h1-17H. The molecule has 2 heterocycles. The second kappa shape index (κ2) is 8.46. The number of hydrogen-bond acceptors (Lipinski definition) is 5. The number of rotatable bonds is 4. The SMILES string of the molecule is N#Cc1c(-c2ccccc2)n2c(C(=O)c3ccc4ccccc4c3)nn(-c3ccccc3)c2nc1=O. The first-order valence-corrected chi connectivity index (χ1v) is 11.3. The maximum Gasteiger partial charge on any atom is 0.293 e. The number of carbonyl (C=O) groups is 1. The van der Waals surface area contributed by atoms with Crippen LogP contribution < -0.4 is 5.56 Å². The summed E-state index contributed by atoms with van der Waals surface area (Å²) >= 11 is 0. The average molecular weight is 467 g/mol. The minimum atomic E-state index is -0.682. The predicted molar refractivity (Wildman–Crippen MR) is 136 cm³/mol. The molecule has 0 saturated heterocycles. The van der Waals surface area contributed by atoms with Crippen molar-refractivity contribution in [1.82, 2.24) is 19.2 Å². The monoisotopic (exact) mass is 467 g/mol. The Morgan fingerprint density at radius 3 is 2.19 bits per heavy atom. The molecule has 0 atom stereocenters. The maximum atomic E-state index is 13.9. The molecule has 4 aromatic carbocycles. The largest absolute Gasteiger partial charge is 0.293 e. The molecule has 7 nitrogen and oxygen atoms in total. The molecule has 0 bridgehead atoms. The van der Waals surface area contributed by atoms with Gasteiger partial charge in [-0.05, 0) is 29.0 Å². The topological polar surface area (TPSA) is 93.0 Å². The number of carbonyl (C=O) groups excluding carboxylic acids is 1. The molecule has 6 rings (SSSR count). The molecule has 0 radical (unpaired) electrons. The van der Waals surface area contributed by atoms with Crippen molar-refractivity contribution in [2.45, 2.75) is 0 Å². The average Bonchev–Trinajstić information content (AvgIpc) is 3.31. The van der Waals surface area contributed by atoms with Crippen molar-refractivity contribution in [3.8, 4) is 23.0 Å². The van der Waals surface area contributed by atoms with Gasteiger partial charge in [-0.1, -0.05) is 84.9 Å². The Balaban J connectivity index is 1.71. The molecule has 0 aliphatic heterocycles. The van der Waals surface area contributed by atoms with E-state index in [4.69, 9.17) is 0 Å².